The van der Waals surface area contributed by atoms with Gasteiger partial charge in [-0.25, -0.2) is 19.2 Å². The molecule has 61 heavy (non-hydrogen) atoms. The van der Waals surface area contributed by atoms with Gasteiger partial charge in [-0.1, -0.05) is 69.3 Å². The van der Waals surface area contributed by atoms with Gasteiger partial charge in [0.25, 0.3) is 0 Å². The fourth-order valence-corrected chi connectivity index (χ4v) is 12.3. The van der Waals surface area contributed by atoms with Crippen LogP contribution in [0.15, 0.2) is 71.8 Å². The molecule has 16 heteroatoms. The van der Waals surface area contributed by atoms with Crippen molar-refractivity contribution >= 4 is 42.4 Å². The van der Waals surface area contributed by atoms with E-state index in [0.29, 0.717) is 12.0 Å². The van der Waals surface area contributed by atoms with E-state index < -0.39 is 106 Å². The lowest BCUT2D eigenvalue weighted by Crippen LogP contribution is -2.74. The summed E-state index contributed by atoms with van der Waals surface area (Å²) in [5.74, 6) is -2.44. The van der Waals surface area contributed by atoms with Crippen LogP contribution in [0.4, 0.5) is 9.59 Å². The molecule has 0 unspecified atom stereocenters. The summed E-state index contributed by atoms with van der Waals surface area (Å²) in [6.07, 6.45) is -10.1. The minimum atomic E-state index is -2.10. The van der Waals surface area contributed by atoms with Gasteiger partial charge >= 0.3 is 24.2 Å². The van der Waals surface area contributed by atoms with Gasteiger partial charge in [0.1, 0.15) is 17.8 Å². The first kappa shape index (κ1) is 42.6. The quantitative estimate of drug-likeness (QED) is 0.143. The van der Waals surface area contributed by atoms with E-state index in [1.165, 1.54) is 14.0 Å². The van der Waals surface area contributed by atoms with Crippen LogP contribution in [0.5, 0.6) is 0 Å². The number of benzene rings is 2. The SMILES string of the molecule is CO[C@H]1C(=O)[C@]2(C)CC[C@H]3OC[C@]34B(C(C)=O)[C@]24[C@H](OC(=O)c2ccccc2)[C@]23OC(=O)O[C@H]2[C@H](OC(=O)[C@H](O)[C@@H](NC(=O)OC(C)(C)C)c2ccccc2)C(C)=C1C3(C)C. The van der Waals surface area contributed by atoms with E-state index in [1.54, 1.807) is 109 Å². The van der Waals surface area contributed by atoms with Gasteiger partial charge in [0.2, 0.25) is 12.3 Å². The fraction of sp³-hybridized carbons (Fsp3) is 0.556. The van der Waals surface area contributed by atoms with E-state index in [1.807, 2.05) is 0 Å². The Bertz CT molecular complexity index is 2220. The predicted molar refractivity (Wildman–Crippen MR) is 215 cm³/mol. The van der Waals surface area contributed by atoms with Gasteiger partial charge in [0.15, 0.2) is 24.1 Å². The van der Waals surface area contributed by atoms with E-state index in [-0.39, 0.29) is 41.2 Å². The van der Waals surface area contributed by atoms with E-state index >= 15 is 4.79 Å². The molecule has 6 aliphatic rings. The number of fused-ring (bicyclic) bond motifs is 1. The zero-order valence-corrected chi connectivity index (χ0v) is 35.8. The lowest BCUT2D eigenvalue weighted by molar-refractivity contribution is -0.228. The molecule has 2 bridgehead atoms. The highest BCUT2D eigenvalue weighted by Gasteiger charge is 2.99. The Hall–Kier alpha value is -5.06. The van der Waals surface area contributed by atoms with Crippen LogP contribution in [0.1, 0.15) is 90.2 Å². The number of carbonyl (C=O) groups excluding carboxylic acids is 6. The molecule has 0 radical (unpaired) electrons. The molecule has 3 aliphatic carbocycles. The number of amides is 1. The van der Waals surface area contributed by atoms with Crippen LogP contribution in [0.3, 0.4) is 0 Å². The Morgan fingerprint density at radius 1 is 0.967 bits per heavy atom. The fourth-order valence-electron chi connectivity index (χ4n) is 12.3. The van der Waals surface area contributed by atoms with Gasteiger partial charge in [-0.05, 0) is 76.3 Å². The number of hydrogen-bond acceptors (Lipinski definition) is 14. The Morgan fingerprint density at radius 2 is 1.61 bits per heavy atom. The number of hydrogen-bond donors (Lipinski definition) is 2. The molecular formula is C45H52BNO14. The summed E-state index contributed by atoms with van der Waals surface area (Å²) in [6.45, 7) is 12.4. The van der Waals surface area contributed by atoms with Crippen molar-refractivity contribution in [3.63, 3.8) is 0 Å². The van der Waals surface area contributed by atoms with Crippen molar-refractivity contribution in [2.45, 2.75) is 133 Å². The molecule has 3 spiro atoms. The van der Waals surface area contributed by atoms with Crippen LogP contribution < -0.4 is 5.32 Å². The molecule has 3 aliphatic heterocycles. The van der Waals surface area contributed by atoms with E-state index in [4.69, 9.17) is 33.2 Å². The van der Waals surface area contributed by atoms with Crippen molar-refractivity contribution in [2.24, 2.45) is 10.8 Å². The summed E-state index contributed by atoms with van der Waals surface area (Å²) in [7, 11) is 1.38. The van der Waals surface area contributed by atoms with Gasteiger partial charge in [-0.15, -0.1) is 0 Å². The highest BCUT2D eigenvalue weighted by Crippen LogP contribution is 2.93. The number of Topliss-reactive ketones (excluding diaryl/α,β-unsaturated/α-hetero) is 1. The normalized spacial score (nSPS) is 35.1. The summed E-state index contributed by atoms with van der Waals surface area (Å²) in [5.41, 5.74) is -5.14. The molecule has 5 fully saturated rings. The molecule has 8 rings (SSSR count). The van der Waals surface area contributed by atoms with Gasteiger partial charge < -0.3 is 48.4 Å². The zero-order chi connectivity index (χ0) is 44.2. The van der Waals surface area contributed by atoms with Crippen LogP contribution >= 0.6 is 0 Å². The first-order chi connectivity index (χ1) is 28.7. The summed E-state index contributed by atoms with van der Waals surface area (Å²) in [5, 5.41) is 11.9. The smallest absolute Gasteiger partial charge is 0.454 e. The Labute approximate surface area is 354 Å². The number of aliphatic hydroxyl groups is 1. The molecule has 3 saturated heterocycles. The van der Waals surface area contributed by atoms with Gasteiger partial charge in [0.05, 0.1) is 23.4 Å². The van der Waals surface area contributed by atoms with Gasteiger partial charge in [0, 0.05) is 35.2 Å². The number of ketones is 1. The number of ether oxygens (including phenoxy) is 7. The van der Waals surface area contributed by atoms with Crippen LogP contribution in [0.2, 0.25) is 10.6 Å². The van der Waals surface area contributed by atoms with Crippen molar-refractivity contribution in [3.05, 3.63) is 82.9 Å². The second-order valence-electron chi connectivity index (χ2n) is 19.0. The van der Waals surface area contributed by atoms with Crippen LogP contribution in [0.25, 0.3) is 0 Å². The topological polar surface area (TPSA) is 199 Å². The standard InChI is InChI=1S/C45H52BNO14/c1-23-28-32(55-9)33(50)42(8)21-20-27-43(22-56-27)45(42,46(43)24(2)48)37(59-35(51)26-18-14-11-15-19-26)44(41(28,6)7)34(58-39(54)61-44)31(23)57-36(52)30(49)29(25-16-12-10-13-17-25)47-38(53)60-40(3,4)5/h10-19,27,29-32,34,37,49H,20-22H2,1-9H3,(H,47,53)/t27-,29+,30-,31-,32-,34+,37-,42+,43+,44-,45-/m1/s1. The summed E-state index contributed by atoms with van der Waals surface area (Å²) < 4.78 is 43.3. The number of rotatable bonds is 9. The van der Waals surface area contributed by atoms with Crippen molar-refractivity contribution in [1.82, 2.24) is 5.32 Å². The first-order valence-electron chi connectivity index (χ1n) is 20.6. The molecule has 2 aromatic rings. The maximum absolute atomic E-state index is 15.6. The molecular weight excluding hydrogens is 789 g/mol. The average Bonchev–Trinajstić information content (AvgIpc) is 3.76. The lowest BCUT2D eigenvalue weighted by Gasteiger charge is -2.64. The van der Waals surface area contributed by atoms with Gasteiger partial charge in [-0.3, -0.25) is 4.79 Å². The van der Waals surface area contributed by atoms with Crippen LogP contribution in [-0.4, -0.2) is 109 Å². The van der Waals surface area contributed by atoms with Crippen molar-refractivity contribution in [3.8, 4) is 0 Å². The number of aliphatic hydroxyl groups excluding tert-OH is 1. The first-order valence-corrected chi connectivity index (χ1v) is 20.6. The number of carbonyl (C=O) groups is 6. The zero-order valence-electron chi connectivity index (χ0n) is 35.8. The maximum atomic E-state index is 15.6. The van der Waals surface area contributed by atoms with Crippen molar-refractivity contribution in [2.75, 3.05) is 13.7 Å². The largest absolute Gasteiger partial charge is 0.509 e. The van der Waals surface area contributed by atoms with E-state index in [2.05, 4.69) is 5.32 Å². The summed E-state index contributed by atoms with van der Waals surface area (Å²) in [4.78, 5) is 85.9. The minimum absolute atomic E-state index is 0.0651. The molecule has 324 valence electrons. The molecule has 15 nitrogen and oxygen atoms in total. The predicted octanol–water partition coefficient (Wildman–Crippen LogP) is 5.30. The molecule has 1 amide bonds. The molecule has 11 atom stereocenters. The van der Waals surface area contributed by atoms with Gasteiger partial charge in [-0.2, -0.15) is 0 Å². The number of nitrogens with one attached hydrogen (secondary N) is 1. The third-order valence-electron chi connectivity index (χ3n) is 14.6. The molecule has 3 heterocycles. The van der Waals surface area contributed by atoms with Crippen molar-refractivity contribution < 1.29 is 67.0 Å². The monoisotopic (exact) mass is 841 g/mol. The molecule has 2 saturated carbocycles. The summed E-state index contributed by atoms with van der Waals surface area (Å²) in [6, 6.07) is 15.0. The van der Waals surface area contributed by atoms with Crippen LogP contribution in [0, 0.1) is 10.8 Å². The second kappa shape index (κ2) is 14.2. The van der Waals surface area contributed by atoms with E-state index in [9.17, 15) is 29.1 Å². The second-order valence-corrected chi connectivity index (χ2v) is 19.0. The Morgan fingerprint density at radius 3 is 2.18 bits per heavy atom. The number of esters is 2. The molecule has 2 N–H and O–H groups in total. The van der Waals surface area contributed by atoms with E-state index in [0.717, 1.165) is 0 Å². The highest BCUT2D eigenvalue weighted by molar-refractivity contribution is 7.04. The third-order valence-corrected chi connectivity index (χ3v) is 14.6. The third kappa shape index (κ3) is 5.73. The maximum Gasteiger partial charge on any atom is 0.509 e. The van der Waals surface area contributed by atoms with Crippen LogP contribution in [-0.2, 0) is 47.5 Å². The average molecular weight is 842 g/mol. The molecule has 2 aromatic carbocycles. The Balaban J connectivity index is 1.32. The lowest BCUT2D eigenvalue weighted by atomic mass is 9.40. The summed E-state index contributed by atoms with van der Waals surface area (Å²) >= 11 is 0. The minimum Gasteiger partial charge on any atom is -0.454 e. The highest BCUT2D eigenvalue weighted by atomic mass is 16.8. The molecule has 0 aromatic heterocycles. The Kier molecular flexibility index (Phi) is 9.95. The number of alkyl carbamates (subject to hydrolysis) is 1. The van der Waals surface area contributed by atoms with Crippen molar-refractivity contribution in [1.29, 1.82) is 0 Å². The number of methoxy groups -OCH3 is 1.